The summed E-state index contributed by atoms with van der Waals surface area (Å²) in [6.07, 6.45) is 15.6. The molecule has 0 aromatic heterocycles. The molecule has 1 amide bonds. The fourth-order valence-corrected chi connectivity index (χ4v) is 3.81. The maximum absolute atomic E-state index is 12.2. The van der Waals surface area contributed by atoms with E-state index in [9.17, 15) is 9.90 Å². The minimum absolute atomic E-state index is 0.0624. The summed E-state index contributed by atoms with van der Waals surface area (Å²) in [5, 5.41) is 12.6. The van der Waals surface area contributed by atoms with Gasteiger partial charge in [0.05, 0.1) is 5.69 Å². The number of carbonyl (C=O) groups excluding carboxylic acids is 1. The number of nitrogens with one attached hydrogen (secondary N) is 1. The molecule has 0 heterocycles. The molecule has 0 aliphatic heterocycles. The highest BCUT2D eigenvalue weighted by atomic mass is 16.3. The largest absolute Gasteiger partial charge is 0.506 e. The molecule has 0 saturated carbocycles. The van der Waals surface area contributed by atoms with E-state index in [0.29, 0.717) is 5.69 Å². The van der Waals surface area contributed by atoms with Crippen LogP contribution in [0.4, 0.5) is 5.69 Å². The van der Waals surface area contributed by atoms with Crippen LogP contribution in [0.5, 0.6) is 5.75 Å². The zero-order valence-corrected chi connectivity index (χ0v) is 19.2. The van der Waals surface area contributed by atoms with E-state index in [-0.39, 0.29) is 17.1 Å². The first-order chi connectivity index (χ1) is 14.1. The van der Waals surface area contributed by atoms with Crippen LogP contribution in [-0.4, -0.2) is 11.0 Å². The number of hydrogen-bond acceptors (Lipinski definition) is 2. The highest BCUT2D eigenvalue weighted by molar-refractivity contribution is 6.00. The average Bonchev–Trinajstić information content (AvgIpc) is 2.63. The predicted molar refractivity (Wildman–Crippen MR) is 128 cm³/mol. The monoisotopic (exact) mass is 405 g/mol. The van der Waals surface area contributed by atoms with Crippen molar-refractivity contribution in [3.8, 4) is 5.75 Å². The Morgan fingerprint density at radius 2 is 1.87 bits per heavy atom. The number of benzene rings is 1. The van der Waals surface area contributed by atoms with Gasteiger partial charge in [0.15, 0.2) is 0 Å². The van der Waals surface area contributed by atoms with E-state index in [1.54, 1.807) is 18.2 Å². The van der Waals surface area contributed by atoms with Gasteiger partial charge in [0.25, 0.3) is 0 Å². The van der Waals surface area contributed by atoms with Crippen LogP contribution in [-0.2, 0) is 4.79 Å². The van der Waals surface area contributed by atoms with Crippen molar-refractivity contribution in [1.82, 2.24) is 0 Å². The van der Waals surface area contributed by atoms with Crippen LogP contribution < -0.4 is 5.32 Å². The number of rotatable bonds is 6. The highest BCUT2D eigenvalue weighted by Crippen LogP contribution is 2.40. The number of aryl methyl sites for hydroxylation is 1. The van der Waals surface area contributed by atoms with E-state index in [1.165, 1.54) is 36.5 Å². The molecule has 0 radical (unpaired) electrons. The van der Waals surface area contributed by atoms with Gasteiger partial charge in [-0.2, -0.15) is 0 Å². The molecule has 1 aromatic rings. The standard InChI is InChI=1S/C27H35NO2/c1-19(12-14-23-22(4)11-8-16-27(23,5)6)9-7-10-20(2)18-26(30)28-24-17-21(3)13-15-25(24)29/h7,9-10,12-15,17-18,29H,8,11,16H2,1-6H3,(H,28,30)/b10-7+,14-12+,19-9+,20-18+. The zero-order valence-electron chi connectivity index (χ0n) is 19.2. The fraction of sp³-hybridized carbons (Fsp3) is 0.370. The Morgan fingerprint density at radius 3 is 2.57 bits per heavy atom. The van der Waals surface area contributed by atoms with E-state index in [4.69, 9.17) is 0 Å². The molecule has 0 spiro atoms. The van der Waals surface area contributed by atoms with Crippen LogP contribution in [0, 0.1) is 12.3 Å². The van der Waals surface area contributed by atoms with E-state index < -0.39 is 0 Å². The number of carbonyl (C=O) groups is 1. The molecule has 3 nitrogen and oxygen atoms in total. The molecule has 2 rings (SSSR count). The Kier molecular flexibility index (Phi) is 8.05. The lowest BCUT2D eigenvalue weighted by molar-refractivity contribution is -0.112. The maximum atomic E-state index is 12.2. The molecular weight excluding hydrogens is 370 g/mol. The molecule has 0 atom stereocenters. The van der Waals surface area contributed by atoms with Gasteiger partial charge in [-0.15, -0.1) is 0 Å². The quantitative estimate of drug-likeness (QED) is 0.299. The molecule has 1 aliphatic carbocycles. The molecule has 2 N–H and O–H groups in total. The van der Waals surface area contributed by atoms with Crippen LogP contribution in [0.1, 0.15) is 59.4 Å². The molecule has 0 unspecified atom stereocenters. The normalized spacial score (nSPS) is 17.8. The third kappa shape index (κ3) is 6.91. The average molecular weight is 406 g/mol. The minimum atomic E-state index is -0.263. The smallest absolute Gasteiger partial charge is 0.248 e. The second-order valence-corrected chi connectivity index (χ2v) is 8.93. The maximum Gasteiger partial charge on any atom is 0.248 e. The number of hydrogen-bond donors (Lipinski definition) is 2. The molecule has 30 heavy (non-hydrogen) atoms. The zero-order chi connectivity index (χ0) is 22.3. The number of aromatic hydroxyl groups is 1. The predicted octanol–water partition coefficient (Wildman–Crippen LogP) is 7.17. The van der Waals surface area contributed by atoms with Crippen molar-refractivity contribution in [2.75, 3.05) is 5.32 Å². The molecule has 0 bridgehead atoms. The first-order valence-electron chi connectivity index (χ1n) is 10.6. The van der Waals surface area contributed by atoms with Gasteiger partial charge in [-0.25, -0.2) is 0 Å². The van der Waals surface area contributed by atoms with E-state index in [0.717, 1.165) is 16.7 Å². The Balaban J connectivity index is 1.99. The molecule has 0 fully saturated rings. The van der Waals surface area contributed by atoms with Crippen LogP contribution in [0.15, 0.2) is 76.9 Å². The summed E-state index contributed by atoms with van der Waals surface area (Å²) in [5.41, 5.74) is 6.58. The highest BCUT2D eigenvalue weighted by Gasteiger charge is 2.26. The molecule has 1 aliphatic rings. The van der Waals surface area contributed by atoms with Gasteiger partial charge >= 0.3 is 0 Å². The van der Waals surface area contributed by atoms with E-state index >= 15 is 0 Å². The summed E-state index contributed by atoms with van der Waals surface area (Å²) in [7, 11) is 0. The van der Waals surface area contributed by atoms with Crippen molar-refractivity contribution in [2.45, 2.75) is 60.8 Å². The van der Waals surface area contributed by atoms with Crippen molar-refractivity contribution in [3.05, 3.63) is 82.5 Å². The summed E-state index contributed by atoms with van der Waals surface area (Å²) < 4.78 is 0. The first-order valence-corrected chi connectivity index (χ1v) is 10.6. The Bertz CT molecular complexity index is 940. The van der Waals surface area contributed by atoms with Crippen molar-refractivity contribution in [1.29, 1.82) is 0 Å². The summed E-state index contributed by atoms with van der Waals surface area (Å²) in [6, 6.07) is 5.12. The van der Waals surface area contributed by atoms with E-state index in [1.807, 2.05) is 32.1 Å². The van der Waals surface area contributed by atoms with Crippen molar-refractivity contribution in [3.63, 3.8) is 0 Å². The van der Waals surface area contributed by atoms with Crippen molar-refractivity contribution < 1.29 is 9.90 Å². The van der Waals surface area contributed by atoms with Gasteiger partial charge in [0.2, 0.25) is 5.91 Å². The molecule has 0 saturated heterocycles. The lowest BCUT2D eigenvalue weighted by Crippen LogP contribution is -2.19. The lowest BCUT2D eigenvalue weighted by Gasteiger charge is -2.32. The molecular formula is C27H35NO2. The number of phenols is 1. The van der Waals surface area contributed by atoms with Crippen molar-refractivity contribution in [2.24, 2.45) is 5.41 Å². The van der Waals surface area contributed by atoms with Gasteiger partial charge in [-0.1, -0.05) is 61.4 Å². The van der Waals surface area contributed by atoms with Crippen molar-refractivity contribution >= 4 is 11.6 Å². The summed E-state index contributed by atoms with van der Waals surface area (Å²) >= 11 is 0. The summed E-state index contributed by atoms with van der Waals surface area (Å²) in [6.45, 7) is 12.8. The molecule has 160 valence electrons. The first kappa shape index (κ1) is 23.5. The van der Waals surface area contributed by atoms with Gasteiger partial charge < -0.3 is 10.4 Å². The number of allylic oxidation sites excluding steroid dienone is 9. The Hall–Kier alpha value is -2.81. The lowest BCUT2D eigenvalue weighted by atomic mass is 9.72. The molecule has 3 heteroatoms. The number of amides is 1. The van der Waals surface area contributed by atoms with Gasteiger partial charge in [0, 0.05) is 6.08 Å². The van der Waals surface area contributed by atoms with Gasteiger partial charge in [0.1, 0.15) is 5.75 Å². The number of phenolic OH excluding ortho intramolecular Hbond substituents is 1. The summed E-state index contributed by atoms with van der Waals surface area (Å²) in [5.74, 6) is -0.201. The Labute approximate surface area is 181 Å². The van der Waals surface area contributed by atoms with Crippen LogP contribution in [0.25, 0.3) is 0 Å². The summed E-state index contributed by atoms with van der Waals surface area (Å²) in [4.78, 5) is 12.2. The third-order valence-corrected chi connectivity index (χ3v) is 5.54. The van der Waals surface area contributed by atoms with Crippen LogP contribution in [0.2, 0.25) is 0 Å². The van der Waals surface area contributed by atoms with Gasteiger partial charge in [-0.3, -0.25) is 4.79 Å². The topological polar surface area (TPSA) is 49.3 Å². The fourth-order valence-electron chi connectivity index (χ4n) is 3.81. The number of anilines is 1. The second-order valence-electron chi connectivity index (χ2n) is 8.93. The van der Waals surface area contributed by atoms with Gasteiger partial charge in [-0.05, 0) is 81.2 Å². The minimum Gasteiger partial charge on any atom is -0.506 e. The van der Waals surface area contributed by atoms with E-state index in [2.05, 4.69) is 45.2 Å². The molecule has 1 aromatic carbocycles. The Morgan fingerprint density at radius 1 is 1.13 bits per heavy atom. The van der Waals surface area contributed by atoms with Crippen LogP contribution in [0.3, 0.4) is 0 Å². The SMILES string of the molecule is CC1=C(/C=C/C(C)=C/C=C/C(C)=C/C(=O)Nc2cc(C)ccc2O)C(C)(C)CCC1. The second kappa shape index (κ2) is 10.3. The van der Waals surface area contributed by atoms with Crippen LogP contribution >= 0.6 is 0 Å². The third-order valence-electron chi connectivity index (χ3n) is 5.54.